The van der Waals surface area contributed by atoms with Gasteiger partial charge in [-0.2, -0.15) is 0 Å². The highest BCUT2D eigenvalue weighted by Gasteiger charge is 2.01. The molecule has 0 aromatic rings. The molecule has 0 radical (unpaired) electrons. The molecule has 1 atom stereocenters. The summed E-state index contributed by atoms with van der Waals surface area (Å²) in [4.78, 5) is 8.11. The van der Waals surface area contributed by atoms with Gasteiger partial charge in [-0.25, -0.2) is 9.98 Å². The molecule has 0 rings (SSSR count). The van der Waals surface area contributed by atoms with E-state index in [0.717, 1.165) is 19.5 Å². The van der Waals surface area contributed by atoms with Crippen LogP contribution in [0.1, 0.15) is 34.1 Å². The van der Waals surface area contributed by atoms with Crippen molar-refractivity contribution in [2.75, 3.05) is 13.1 Å². The smallest absolute Gasteiger partial charge is 0.110 e. The molecule has 1 N–H and O–H groups in total. The Bertz CT molecular complexity index is 174. The van der Waals surface area contributed by atoms with Crippen LogP contribution < -0.4 is 5.32 Å². The van der Waals surface area contributed by atoms with Crippen molar-refractivity contribution in [3.8, 4) is 0 Å². The second-order valence-electron chi connectivity index (χ2n) is 3.43. The summed E-state index contributed by atoms with van der Waals surface area (Å²) in [6.45, 7) is 10.2. The van der Waals surface area contributed by atoms with Gasteiger partial charge in [-0.1, -0.05) is 20.8 Å². The van der Waals surface area contributed by atoms with Crippen LogP contribution in [-0.2, 0) is 0 Å². The van der Waals surface area contributed by atoms with Gasteiger partial charge in [-0.3, -0.25) is 5.32 Å². The van der Waals surface area contributed by atoms with Gasteiger partial charge >= 0.3 is 0 Å². The first kappa shape index (κ1) is 16.1. The van der Waals surface area contributed by atoms with Crippen LogP contribution in [0.25, 0.3) is 0 Å². The fraction of sp³-hybridized carbons (Fsp3) is 0.900. The van der Waals surface area contributed by atoms with Crippen molar-refractivity contribution in [3.05, 3.63) is 0 Å². The number of nitrogens with one attached hydrogen (secondary N) is 1. The number of nitrogens with zero attached hydrogens (tertiary/aromatic N) is 2. The Morgan fingerprint density at radius 2 is 1.93 bits per heavy atom. The molecule has 3 nitrogen and oxygen atoms in total. The average molecular weight is 220 g/mol. The van der Waals surface area contributed by atoms with Gasteiger partial charge in [0.25, 0.3) is 0 Å². The molecule has 0 aliphatic carbocycles. The highest BCUT2D eigenvalue weighted by molar-refractivity contribution is 5.85. The van der Waals surface area contributed by atoms with E-state index in [1.807, 2.05) is 6.92 Å². The van der Waals surface area contributed by atoms with Crippen LogP contribution in [0.3, 0.4) is 0 Å². The number of aliphatic imine (C=N–C) groups is 2. The molecule has 0 aromatic heterocycles. The summed E-state index contributed by atoms with van der Waals surface area (Å²) in [5.41, 5.74) is 0. The molecule has 0 heterocycles. The lowest BCUT2D eigenvalue weighted by atomic mass is 10.2. The van der Waals surface area contributed by atoms with Crippen molar-refractivity contribution in [2.45, 2.75) is 40.3 Å². The van der Waals surface area contributed by atoms with Crippen molar-refractivity contribution >= 4 is 18.4 Å². The van der Waals surface area contributed by atoms with Crippen molar-refractivity contribution in [1.29, 1.82) is 0 Å². The first-order valence-corrected chi connectivity index (χ1v) is 5.05. The van der Waals surface area contributed by atoms with Crippen LogP contribution in [0.5, 0.6) is 0 Å². The van der Waals surface area contributed by atoms with Gasteiger partial charge in [0, 0.05) is 6.54 Å². The first-order chi connectivity index (χ1) is 6.20. The standard InChI is InChI=1S/C10H21N3.ClH/c1-5-10(12-7-9(3)4)13-8-11-6-2;/h9-10,12H,5-7H2,1-4H3;1H. The average Bonchev–Trinajstić information content (AvgIpc) is 2.10. The minimum Gasteiger partial charge on any atom is -0.295 e. The summed E-state index contributed by atoms with van der Waals surface area (Å²) in [5, 5.41) is 3.34. The molecule has 4 heteroatoms. The summed E-state index contributed by atoms with van der Waals surface area (Å²) < 4.78 is 0. The Hall–Kier alpha value is -0.370. The Morgan fingerprint density at radius 3 is 2.36 bits per heavy atom. The molecule has 0 aliphatic heterocycles. The Balaban J connectivity index is 0. The Labute approximate surface area is 93.5 Å². The van der Waals surface area contributed by atoms with Crippen LogP contribution in [-0.4, -0.2) is 25.3 Å². The third-order valence-electron chi connectivity index (χ3n) is 1.59. The molecule has 0 saturated carbocycles. The molecule has 0 amide bonds. The number of hydrogen-bond acceptors (Lipinski definition) is 3. The fourth-order valence-electron chi connectivity index (χ4n) is 0.834. The van der Waals surface area contributed by atoms with Gasteiger partial charge in [0.15, 0.2) is 0 Å². The quantitative estimate of drug-likeness (QED) is 0.685. The predicted octanol–water partition coefficient (Wildman–Crippen LogP) is 2.58. The van der Waals surface area contributed by atoms with E-state index in [-0.39, 0.29) is 18.6 Å². The summed E-state index contributed by atoms with van der Waals surface area (Å²) in [5.74, 6) is 0.660. The lowest BCUT2D eigenvalue weighted by Crippen LogP contribution is -2.29. The van der Waals surface area contributed by atoms with Crippen molar-refractivity contribution < 1.29 is 0 Å². The summed E-state index contributed by atoms with van der Waals surface area (Å²) >= 11 is 0. The lowest BCUT2D eigenvalue weighted by Gasteiger charge is -2.12. The fourth-order valence-corrected chi connectivity index (χ4v) is 0.834. The van der Waals surface area contributed by atoms with Crippen LogP contribution in [0.4, 0.5) is 0 Å². The SMILES string of the molecule is CCN=C=NC(CC)NCC(C)C.Cl. The second kappa shape index (κ2) is 10.7. The van der Waals surface area contributed by atoms with E-state index in [4.69, 9.17) is 0 Å². The van der Waals surface area contributed by atoms with Crippen molar-refractivity contribution in [1.82, 2.24) is 5.32 Å². The molecular formula is C10H22ClN3. The molecule has 84 valence electrons. The zero-order valence-corrected chi connectivity index (χ0v) is 10.4. The predicted molar refractivity (Wildman–Crippen MR) is 64.6 cm³/mol. The van der Waals surface area contributed by atoms with E-state index in [1.54, 1.807) is 0 Å². The third-order valence-corrected chi connectivity index (χ3v) is 1.59. The normalized spacial score (nSPS) is 11.5. The van der Waals surface area contributed by atoms with Gasteiger partial charge in [0.2, 0.25) is 0 Å². The molecule has 0 saturated heterocycles. The minimum atomic E-state index is 0. The Kier molecular flexibility index (Phi) is 12.3. The van der Waals surface area contributed by atoms with Gasteiger partial charge in [0.05, 0.1) is 6.01 Å². The first-order valence-electron chi connectivity index (χ1n) is 5.05. The maximum absolute atomic E-state index is 4.18. The van der Waals surface area contributed by atoms with E-state index >= 15 is 0 Å². The van der Waals surface area contributed by atoms with E-state index in [2.05, 4.69) is 42.1 Å². The summed E-state index contributed by atoms with van der Waals surface area (Å²) in [6.07, 6.45) is 1.16. The maximum Gasteiger partial charge on any atom is 0.110 e. The molecule has 0 aliphatic rings. The van der Waals surface area contributed by atoms with Crippen LogP contribution in [0, 0.1) is 5.92 Å². The topological polar surface area (TPSA) is 36.8 Å². The number of halogens is 1. The Morgan fingerprint density at radius 1 is 1.29 bits per heavy atom. The van der Waals surface area contributed by atoms with Crippen LogP contribution >= 0.6 is 12.4 Å². The second-order valence-corrected chi connectivity index (χ2v) is 3.43. The lowest BCUT2D eigenvalue weighted by molar-refractivity contribution is 0.465. The number of hydrogen-bond donors (Lipinski definition) is 1. The summed E-state index contributed by atoms with van der Waals surface area (Å²) in [7, 11) is 0. The van der Waals surface area contributed by atoms with E-state index in [9.17, 15) is 0 Å². The molecular weight excluding hydrogens is 198 g/mol. The minimum absolute atomic E-state index is 0. The zero-order valence-electron chi connectivity index (χ0n) is 9.58. The van der Waals surface area contributed by atoms with E-state index in [0.29, 0.717) is 5.92 Å². The highest BCUT2D eigenvalue weighted by atomic mass is 35.5. The molecule has 0 aromatic carbocycles. The van der Waals surface area contributed by atoms with Crippen molar-refractivity contribution in [2.24, 2.45) is 15.9 Å². The molecule has 0 spiro atoms. The van der Waals surface area contributed by atoms with Gasteiger partial charge in [-0.15, -0.1) is 12.4 Å². The third kappa shape index (κ3) is 9.72. The molecule has 1 unspecified atom stereocenters. The molecule has 0 bridgehead atoms. The largest absolute Gasteiger partial charge is 0.295 e. The van der Waals surface area contributed by atoms with Gasteiger partial charge in [-0.05, 0) is 25.8 Å². The zero-order chi connectivity index (χ0) is 10.1. The highest BCUT2D eigenvalue weighted by Crippen LogP contribution is 1.94. The number of rotatable bonds is 6. The monoisotopic (exact) mass is 219 g/mol. The van der Waals surface area contributed by atoms with Crippen LogP contribution in [0.2, 0.25) is 0 Å². The van der Waals surface area contributed by atoms with Crippen LogP contribution in [0.15, 0.2) is 9.98 Å². The summed E-state index contributed by atoms with van der Waals surface area (Å²) in [6, 6.07) is 2.70. The molecule has 0 fully saturated rings. The maximum atomic E-state index is 4.18. The van der Waals surface area contributed by atoms with Gasteiger partial charge in [0.1, 0.15) is 6.17 Å². The van der Waals surface area contributed by atoms with E-state index < -0.39 is 0 Å². The molecule has 14 heavy (non-hydrogen) atoms. The van der Waals surface area contributed by atoms with E-state index in [1.165, 1.54) is 0 Å². The van der Waals surface area contributed by atoms with Crippen molar-refractivity contribution in [3.63, 3.8) is 0 Å². The van der Waals surface area contributed by atoms with Gasteiger partial charge < -0.3 is 0 Å².